The molecule has 0 radical (unpaired) electrons. The maximum atomic E-state index is 10.5. The zero-order valence-electron chi connectivity index (χ0n) is 6.83. The van der Waals surface area contributed by atoms with Gasteiger partial charge < -0.3 is 4.74 Å². The number of carbonyl (C=O) groups is 1. The molecule has 0 spiro atoms. The lowest BCUT2D eigenvalue weighted by atomic mass is 10.2. The second-order valence-corrected chi connectivity index (χ2v) is 2.77. The third-order valence-electron chi connectivity index (χ3n) is 1.39. The monoisotopic (exact) mass is 183 g/mol. The van der Waals surface area contributed by atoms with Crippen molar-refractivity contribution in [1.29, 1.82) is 0 Å². The minimum Gasteiger partial charge on any atom is -0.427 e. The number of hydrogen-bond donors (Lipinski definition) is 0. The molecule has 0 heterocycles. The molecule has 0 aliphatic carbocycles. The molecule has 0 saturated carbocycles. The van der Waals surface area contributed by atoms with Crippen LogP contribution in [0.3, 0.4) is 0 Å². The molecule has 1 aromatic carbocycles. The number of esters is 1. The summed E-state index contributed by atoms with van der Waals surface area (Å²) in [5, 5.41) is 0. The molecule has 0 atom stereocenters. The molecule has 0 saturated heterocycles. The summed E-state index contributed by atoms with van der Waals surface area (Å²) in [6, 6.07) is 7.37. The molecule has 1 aromatic rings. The standard InChI is InChI=1S/C9H10O2S/c1-7(10)11-9-4-2-8(6-12)3-5-9/h2-5,12H,6H2,1H3/p+1. The van der Waals surface area contributed by atoms with E-state index in [9.17, 15) is 4.79 Å². The highest BCUT2D eigenvalue weighted by atomic mass is 32.1. The van der Waals surface area contributed by atoms with E-state index in [1.165, 1.54) is 6.92 Å². The van der Waals surface area contributed by atoms with Gasteiger partial charge in [0.15, 0.2) is 0 Å². The lowest BCUT2D eigenvalue weighted by molar-refractivity contribution is -0.131. The first kappa shape index (κ1) is 9.13. The summed E-state index contributed by atoms with van der Waals surface area (Å²) in [6.45, 7) is 1.39. The van der Waals surface area contributed by atoms with Crippen molar-refractivity contribution in [2.45, 2.75) is 12.7 Å². The van der Waals surface area contributed by atoms with E-state index in [-0.39, 0.29) is 5.97 Å². The van der Waals surface area contributed by atoms with Gasteiger partial charge in [0.2, 0.25) is 0 Å². The summed E-state index contributed by atoms with van der Waals surface area (Å²) < 4.78 is 4.86. The fourth-order valence-electron chi connectivity index (χ4n) is 0.841. The number of rotatable bonds is 2. The average molecular weight is 183 g/mol. The summed E-state index contributed by atoms with van der Waals surface area (Å²) in [5.41, 5.74) is 1.16. The van der Waals surface area contributed by atoms with Crippen molar-refractivity contribution < 1.29 is 9.53 Å². The molecule has 0 bridgehead atoms. The van der Waals surface area contributed by atoms with Gasteiger partial charge in [0, 0.05) is 12.5 Å². The van der Waals surface area contributed by atoms with Crippen LogP contribution in [0.4, 0.5) is 0 Å². The molecule has 0 fully saturated rings. The molecule has 2 nitrogen and oxygen atoms in total. The van der Waals surface area contributed by atoms with Gasteiger partial charge in [-0.25, -0.2) is 0 Å². The van der Waals surface area contributed by atoms with Crippen molar-refractivity contribution in [2.75, 3.05) is 0 Å². The fraction of sp³-hybridized carbons (Fsp3) is 0.222. The average Bonchev–Trinajstić information content (AvgIpc) is 2.05. The lowest BCUT2D eigenvalue weighted by Gasteiger charge is -1.99. The van der Waals surface area contributed by atoms with Crippen LogP contribution in [0.15, 0.2) is 24.3 Å². The first-order valence-corrected chi connectivity index (χ1v) is 4.35. The molecular formula is C9H11O2S+. The Morgan fingerprint density at radius 1 is 1.42 bits per heavy atom. The summed E-state index contributed by atoms with van der Waals surface area (Å²) >= 11 is 3.37. The van der Waals surface area contributed by atoms with Gasteiger partial charge in [0.1, 0.15) is 11.5 Å². The van der Waals surface area contributed by atoms with Crippen molar-refractivity contribution in [2.24, 2.45) is 0 Å². The molecule has 0 aliphatic heterocycles. The zero-order valence-corrected chi connectivity index (χ0v) is 7.83. The minimum atomic E-state index is -0.291. The normalized spacial score (nSPS) is 9.50. The SMILES string of the molecule is CC(=O)Oc1ccc(C[SH2+])cc1. The van der Waals surface area contributed by atoms with Gasteiger partial charge in [-0.1, -0.05) is 12.1 Å². The zero-order chi connectivity index (χ0) is 8.97. The van der Waals surface area contributed by atoms with E-state index in [2.05, 4.69) is 12.6 Å². The van der Waals surface area contributed by atoms with Crippen LogP contribution >= 0.6 is 0 Å². The van der Waals surface area contributed by atoms with Gasteiger partial charge in [-0.05, 0) is 24.8 Å². The topological polar surface area (TPSA) is 26.3 Å². The fourth-order valence-corrected chi connectivity index (χ4v) is 1.08. The Bertz CT molecular complexity index is 266. The maximum absolute atomic E-state index is 10.5. The second-order valence-electron chi connectivity index (χ2n) is 2.41. The Kier molecular flexibility index (Phi) is 3.17. The Morgan fingerprint density at radius 2 is 2.00 bits per heavy atom. The van der Waals surface area contributed by atoms with Crippen molar-refractivity contribution in [3.8, 4) is 5.75 Å². The minimum absolute atomic E-state index is 0.291. The quantitative estimate of drug-likeness (QED) is 0.390. The maximum Gasteiger partial charge on any atom is 0.308 e. The largest absolute Gasteiger partial charge is 0.427 e. The van der Waals surface area contributed by atoms with Crippen LogP contribution in [0.5, 0.6) is 5.75 Å². The summed E-state index contributed by atoms with van der Waals surface area (Å²) in [6.07, 6.45) is 0. The smallest absolute Gasteiger partial charge is 0.308 e. The third-order valence-corrected chi connectivity index (χ3v) is 1.80. The van der Waals surface area contributed by atoms with Gasteiger partial charge in [-0.15, -0.1) is 0 Å². The van der Waals surface area contributed by atoms with Crippen LogP contribution in [0.1, 0.15) is 12.5 Å². The summed E-state index contributed by atoms with van der Waals surface area (Å²) in [4.78, 5) is 10.5. The van der Waals surface area contributed by atoms with Crippen LogP contribution in [-0.2, 0) is 23.2 Å². The predicted molar refractivity (Wildman–Crippen MR) is 51.6 cm³/mol. The summed E-state index contributed by atoms with van der Waals surface area (Å²) in [7, 11) is 0. The molecule has 0 unspecified atom stereocenters. The number of carbonyl (C=O) groups excluding carboxylic acids is 1. The van der Waals surface area contributed by atoms with Crippen molar-refractivity contribution >= 4 is 18.6 Å². The number of benzene rings is 1. The molecular weight excluding hydrogens is 172 g/mol. The van der Waals surface area contributed by atoms with E-state index in [0.717, 1.165) is 11.3 Å². The van der Waals surface area contributed by atoms with Crippen molar-refractivity contribution in [1.82, 2.24) is 0 Å². The van der Waals surface area contributed by atoms with E-state index in [1.54, 1.807) is 12.1 Å². The van der Waals surface area contributed by atoms with Crippen LogP contribution in [0, 0.1) is 0 Å². The number of ether oxygens (including phenoxy) is 1. The van der Waals surface area contributed by atoms with Crippen LogP contribution in [0.25, 0.3) is 0 Å². The van der Waals surface area contributed by atoms with Crippen LogP contribution < -0.4 is 4.74 Å². The molecule has 0 aromatic heterocycles. The Morgan fingerprint density at radius 3 is 2.42 bits per heavy atom. The molecule has 3 heteroatoms. The van der Waals surface area contributed by atoms with Crippen molar-refractivity contribution in [3.63, 3.8) is 0 Å². The van der Waals surface area contributed by atoms with Gasteiger partial charge >= 0.3 is 5.97 Å². The first-order valence-electron chi connectivity index (χ1n) is 3.64. The van der Waals surface area contributed by atoms with Gasteiger partial charge in [-0.3, -0.25) is 4.79 Å². The Hall–Kier alpha value is -0.960. The number of hydrogen-bond acceptors (Lipinski definition) is 2. The van der Waals surface area contributed by atoms with Crippen molar-refractivity contribution in [3.05, 3.63) is 29.8 Å². The molecule has 0 N–H and O–H groups in total. The summed E-state index contributed by atoms with van der Waals surface area (Å²) in [5.74, 6) is 1.10. The van der Waals surface area contributed by atoms with E-state index in [0.29, 0.717) is 5.75 Å². The highest BCUT2D eigenvalue weighted by Gasteiger charge is 1.97. The Balaban J connectivity index is 2.71. The second kappa shape index (κ2) is 4.16. The molecule has 1 rings (SSSR count). The van der Waals surface area contributed by atoms with Gasteiger partial charge in [0.25, 0.3) is 0 Å². The highest BCUT2D eigenvalue weighted by Crippen LogP contribution is 2.12. The Labute approximate surface area is 77.0 Å². The van der Waals surface area contributed by atoms with E-state index in [4.69, 9.17) is 4.74 Å². The molecule has 64 valence electrons. The van der Waals surface area contributed by atoms with Gasteiger partial charge in [0.05, 0.1) is 0 Å². The highest BCUT2D eigenvalue weighted by molar-refractivity contribution is 7.57. The van der Waals surface area contributed by atoms with Gasteiger partial charge in [-0.2, -0.15) is 0 Å². The van der Waals surface area contributed by atoms with E-state index < -0.39 is 0 Å². The first-order chi connectivity index (χ1) is 5.72. The van der Waals surface area contributed by atoms with E-state index in [1.807, 2.05) is 12.1 Å². The molecule has 12 heavy (non-hydrogen) atoms. The third kappa shape index (κ3) is 2.58. The van der Waals surface area contributed by atoms with Crippen LogP contribution in [-0.4, -0.2) is 5.97 Å². The van der Waals surface area contributed by atoms with E-state index >= 15 is 0 Å². The molecule has 0 amide bonds. The molecule has 0 aliphatic rings. The lowest BCUT2D eigenvalue weighted by Crippen LogP contribution is -2.00. The predicted octanol–water partition coefficient (Wildman–Crippen LogP) is 1.12. The van der Waals surface area contributed by atoms with Crippen LogP contribution in [0.2, 0.25) is 0 Å².